The highest BCUT2D eigenvalue weighted by Gasteiger charge is 2.41. The first-order valence-electron chi connectivity index (χ1n) is 6.12. The molecule has 0 amide bonds. The Labute approximate surface area is 109 Å². The van der Waals surface area contributed by atoms with Gasteiger partial charge in [-0.25, -0.2) is 8.42 Å². The van der Waals surface area contributed by atoms with E-state index in [2.05, 4.69) is 4.67 Å². The van der Waals surface area contributed by atoms with E-state index in [0.29, 0.717) is 19.9 Å². The number of hydrogen-bond donors (Lipinski definition) is 0. The van der Waals surface area contributed by atoms with E-state index in [-0.39, 0.29) is 11.9 Å². The van der Waals surface area contributed by atoms with Gasteiger partial charge < -0.3 is 4.52 Å². The average Bonchev–Trinajstić information content (AvgIpc) is 2.95. The molecule has 0 radical (unpaired) electrons. The van der Waals surface area contributed by atoms with Gasteiger partial charge in [-0.2, -0.15) is 0 Å². The lowest BCUT2D eigenvalue weighted by Crippen LogP contribution is -2.33. The molecule has 0 spiro atoms. The molecule has 0 aliphatic carbocycles. The summed E-state index contributed by atoms with van der Waals surface area (Å²) in [4.78, 5) is 0.397. The van der Waals surface area contributed by atoms with Crippen LogP contribution in [-0.2, 0) is 14.4 Å². The molecule has 0 bridgehead atoms. The molecule has 2 heterocycles. The van der Waals surface area contributed by atoms with Crippen molar-refractivity contribution < 1.29 is 12.9 Å². The van der Waals surface area contributed by atoms with Gasteiger partial charge in [-0.3, -0.25) is 4.67 Å². The van der Waals surface area contributed by atoms with Crippen LogP contribution in [0.1, 0.15) is 12.8 Å². The van der Waals surface area contributed by atoms with E-state index >= 15 is 0 Å². The Hall–Kier alpha value is -0.480. The number of fused-ring (bicyclic) bond motifs is 1. The summed E-state index contributed by atoms with van der Waals surface area (Å²) in [6.07, 6.45) is 2.06. The van der Waals surface area contributed by atoms with Crippen LogP contribution in [0.5, 0.6) is 0 Å². The summed E-state index contributed by atoms with van der Waals surface area (Å²) in [5.74, 6) is 0.102. The SMILES string of the molecule is O=S(=O)(C[C@@H]1OPN2CCC[C@H]12)c1ccccc1. The maximum atomic E-state index is 12.3. The van der Waals surface area contributed by atoms with Crippen molar-refractivity contribution in [3.8, 4) is 0 Å². The van der Waals surface area contributed by atoms with Gasteiger partial charge in [0.15, 0.2) is 9.84 Å². The third-order valence-electron chi connectivity index (χ3n) is 3.54. The molecule has 2 fully saturated rings. The van der Waals surface area contributed by atoms with Gasteiger partial charge in [0.25, 0.3) is 0 Å². The van der Waals surface area contributed by atoms with Gasteiger partial charge in [0.2, 0.25) is 0 Å². The summed E-state index contributed by atoms with van der Waals surface area (Å²) in [7, 11) is -2.89. The van der Waals surface area contributed by atoms with Crippen LogP contribution in [-0.4, -0.2) is 37.5 Å². The molecule has 2 saturated heterocycles. The van der Waals surface area contributed by atoms with E-state index < -0.39 is 9.84 Å². The van der Waals surface area contributed by atoms with Gasteiger partial charge in [-0.15, -0.1) is 0 Å². The van der Waals surface area contributed by atoms with Crippen molar-refractivity contribution >= 4 is 18.8 Å². The minimum atomic E-state index is -3.23. The van der Waals surface area contributed by atoms with Crippen LogP contribution >= 0.6 is 8.96 Å². The minimum absolute atomic E-state index is 0.102. The second-order valence-corrected chi connectivity index (χ2v) is 7.77. The standard InChI is InChI=1S/C12H16NO3PS/c14-18(15,10-5-2-1-3-6-10)9-12-11-7-4-8-13(11)17-16-12/h1-3,5-6,11-12,17H,4,7-9H2/t11-,12+/m1/s1. The fraction of sp³-hybridized carbons (Fsp3) is 0.500. The summed E-state index contributed by atoms with van der Waals surface area (Å²) >= 11 is 0. The lowest BCUT2D eigenvalue weighted by Gasteiger charge is -2.17. The Morgan fingerprint density at radius 2 is 2.11 bits per heavy atom. The van der Waals surface area contributed by atoms with E-state index in [0.717, 1.165) is 19.4 Å². The quantitative estimate of drug-likeness (QED) is 0.795. The molecule has 1 unspecified atom stereocenters. The number of sulfone groups is 1. The molecule has 2 aliphatic heterocycles. The number of rotatable bonds is 3. The van der Waals surface area contributed by atoms with Crippen LogP contribution < -0.4 is 0 Å². The molecule has 98 valence electrons. The summed E-state index contributed by atoms with van der Waals surface area (Å²) in [6, 6.07) is 8.95. The highest BCUT2D eigenvalue weighted by molar-refractivity contribution is 7.91. The van der Waals surface area contributed by atoms with E-state index in [1.807, 2.05) is 6.07 Å². The van der Waals surface area contributed by atoms with Crippen molar-refractivity contribution in [1.82, 2.24) is 4.67 Å². The van der Waals surface area contributed by atoms with Crippen LogP contribution in [0.15, 0.2) is 35.2 Å². The lowest BCUT2D eigenvalue weighted by molar-refractivity contribution is 0.236. The Balaban J connectivity index is 1.77. The first-order valence-corrected chi connectivity index (χ1v) is 8.63. The zero-order valence-electron chi connectivity index (χ0n) is 9.95. The molecular formula is C12H16NO3PS. The lowest BCUT2D eigenvalue weighted by atomic mass is 10.1. The number of benzene rings is 1. The first kappa shape index (κ1) is 12.5. The zero-order chi connectivity index (χ0) is 12.6. The number of hydrogen-bond acceptors (Lipinski definition) is 4. The Morgan fingerprint density at radius 3 is 2.89 bits per heavy atom. The van der Waals surface area contributed by atoms with Crippen molar-refractivity contribution in [2.75, 3.05) is 12.3 Å². The van der Waals surface area contributed by atoms with Crippen LogP contribution in [0.2, 0.25) is 0 Å². The van der Waals surface area contributed by atoms with E-state index in [1.54, 1.807) is 24.3 Å². The molecule has 18 heavy (non-hydrogen) atoms. The van der Waals surface area contributed by atoms with Gasteiger partial charge in [-0.1, -0.05) is 18.2 Å². The largest absolute Gasteiger partial charge is 0.340 e. The highest BCUT2D eigenvalue weighted by atomic mass is 32.2. The third kappa shape index (κ3) is 2.32. The smallest absolute Gasteiger partial charge is 0.180 e. The van der Waals surface area contributed by atoms with Crippen molar-refractivity contribution in [1.29, 1.82) is 0 Å². The molecule has 1 aromatic rings. The normalized spacial score (nSPS) is 29.8. The maximum absolute atomic E-state index is 12.3. The molecule has 4 nitrogen and oxygen atoms in total. The van der Waals surface area contributed by atoms with Gasteiger partial charge >= 0.3 is 0 Å². The van der Waals surface area contributed by atoms with Crippen molar-refractivity contribution in [3.63, 3.8) is 0 Å². The van der Waals surface area contributed by atoms with Gasteiger partial charge in [0, 0.05) is 12.6 Å². The fourth-order valence-electron chi connectivity index (χ4n) is 2.59. The van der Waals surface area contributed by atoms with Crippen LogP contribution in [0.3, 0.4) is 0 Å². The molecule has 2 aliphatic rings. The molecule has 3 atom stereocenters. The number of nitrogens with zero attached hydrogens (tertiary/aromatic N) is 1. The predicted molar refractivity (Wildman–Crippen MR) is 71.4 cm³/mol. The molecular weight excluding hydrogens is 269 g/mol. The average molecular weight is 285 g/mol. The van der Waals surface area contributed by atoms with E-state index in [1.165, 1.54) is 0 Å². The van der Waals surface area contributed by atoms with Crippen LogP contribution in [0, 0.1) is 0 Å². The van der Waals surface area contributed by atoms with E-state index in [9.17, 15) is 8.42 Å². The summed E-state index contributed by atoms with van der Waals surface area (Å²) in [5.41, 5.74) is 0. The second-order valence-electron chi connectivity index (χ2n) is 4.75. The molecule has 0 N–H and O–H groups in total. The van der Waals surface area contributed by atoms with Gasteiger partial charge in [0.05, 0.1) is 25.7 Å². The second kappa shape index (κ2) is 4.89. The van der Waals surface area contributed by atoms with Gasteiger partial charge in [0.1, 0.15) is 0 Å². The van der Waals surface area contributed by atoms with E-state index in [4.69, 9.17) is 4.52 Å². The molecule has 1 aromatic carbocycles. The fourth-order valence-corrected chi connectivity index (χ4v) is 5.39. The van der Waals surface area contributed by atoms with Crippen molar-refractivity contribution in [2.45, 2.75) is 29.9 Å². The molecule has 0 aromatic heterocycles. The molecule has 0 saturated carbocycles. The first-order chi connectivity index (χ1) is 8.67. The monoisotopic (exact) mass is 285 g/mol. The maximum Gasteiger partial charge on any atom is 0.180 e. The summed E-state index contributed by atoms with van der Waals surface area (Å²) < 4.78 is 32.5. The van der Waals surface area contributed by atoms with Crippen molar-refractivity contribution in [2.24, 2.45) is 0 Å². The molecule has 6 heteroatoms. The van der Waals surface area contributed by atoms with Crippen LogP contribution in [0.25, 0.3) is 0 Å². The Bertz CT molecular complexity index is 519. The third-order valence-corrected chi connectivity index (χ3v) is 6.49. The molecule has 3 rings (SSSR count). The Morgan fingerprint density at radius 1 is 1.33 bits per heavy atom. The Kier molecular flexibility index (Phi) is 3.41. The predicted octanol–water partition coefficient (Wildman–Crippen LogP) is 1.83. The minimum Gasteiger partial charge on any atom is -0.340 e. The summed E-state index contributed by atoms with van der Waals surface area (Å²) in [6.45, 7) is 1.05. The van der Waals surface area contributed by atoms with Gasteiger partial charge in [-0.05, 0) is 25.0 Å². The summed E-state index contributed by atoms with van der Waals surface area (Å²) in [5, 5.41) is 0. The highest BCUT2D eigenvalue weighted by Crippen LogP contribution is 2.42. The topological polar surface area (TPSA) is 46.6 Å². The zero-order valence-corrected chi connectivity index (χ0v) is 11.8. The van der Waals surface area contributed by atoms with Crippen molar-refractivity contribution in [3.05, 3.63) is 30.3 Å². The van der Waals surface area contributed by atoms with Crippen LogP contribution in [0.4, 0.5) is 0 Å².